The second kappa shape index (κ2) is 3.89. The van der Waals surface area contributed by atoms with Crippen LogP contribution in [0.25, 0.3) is 10.9 Å². The van der Waals surface area contributed by atoms with Gasteiger partial charge in [-0.3, -0.25) is 0 Å². The van der Waals surface area contributed by atoms with Crippen molar-refractivity contribution in [2.24, 2.45) is 0 Å². The minimum absolute atomic E-state index is 0.524. The van der Waals surface area contributed by atoms with E-state index in [9.17, 15) is 0 Å². The maximum Gasteiger partial charge on any atom is 0.148 e. The van der Waals surface area contributed by atoms with Crippen LogP contribution in [0.4, 0.5) is 5.82 Å². The van der Waals surface area contributed by atoms with Crippen LogP contribution in [0, 0.1) is 6.92 Å². The first-order valence-corrected chi connectivity index (χ1v) is 4.94. The second-order valence-electron chi connectivity index (χ2n) is 3.59. The lowest BCUT2D eigenvalue weighted by molar-refractivity contribution is 0.397. The molecule has 0 saturated carbocycles. The fourth-order valence-corrected chi connectivity index (χ4v) is 1.62. The molecule has 84 valence electrons. The van der Waals surface area contributed by atoms with Crippen LogP contribution in [0.3, 0.4) is 0 Å². The molecular formula is C12H14N2O2. The minimum atomic E-state index is 0.524. The average molecular weight is 218 g/mol. The lowest BCUT2D eigenvalue weighted by Gasteiger charge is -2.09. The van der Waals surface area contributed by atoms with Gasteiger partial charge in [-0.1, -0.05) is 0 Å². The van der Waals surface area contributed by atoms with Crippen LogP contribution in [0.5, 0.6) is 11.5 Å². The van der Waals surface area contributed by atoms with Crippen LogP contribution in [-0.2, 0) is 0 Å². The Balaban J connectivity index is 2.79. The summed E-state index contributed by atoms with van der Waals surface area (Å²) in [6.45, 7) is 1.92. The van der Waals surface area contributed by atoms with Gasteiger partial charge in [-0.15, -0.1) is 0 Å². The van der Waals surface area contributed by atoms with Gasteiger partial charge in [0, 0.05) is 11.5 Å². The Morgan fingerprint density at radius 2 is 1.88 bits per heavy atom. The van der Waals surface area contributed by atoms with E-state index in [0.29, 0.717) is 11.6 Å². The van der Waals surface area contributed by atoms with Gasteiger partial charge in [0.2, 0.25) is 0 Å². The van der Waals surface area contributed by atoms with Gasteiger partial charge in [0.1, 0.15) is 22.8 Å². The molecule has 2 aromatic rings. The Morgan fingerprint density at radius 3 is 2.50 bits per heavy atom. The molecule has 0 atom stereocenters. The number of pyridine rings is 1. The van der Waals surface area contributed by atoms with Crippen molar-refractivity contribution < 1.29 is 9.47 Å². The lowest BCUT2D eigenvalue weighted by atomic mass is 10.1. The van der Waals surface area contributed by atoms with E-state index < -0.39 is 0 Å². The second-order valence-corrected chi connectivity index (χ2v) is 3.59. The van der Waals surface area contributed by atoms with Crippen molar-refractivity contribution in [3.05, 3.63) is 23.8 Å². The molecule has 0 unspecified atom stereocenters. The molecule has 0 aliphatic heterocycles. The molecule has 0 radical (unpaired) electrons. The standard InChI is InChI=1S/C12H14N2O2/c1-7-4-8-5-9(15-2)6-10(16-3)11(8)14-12(7)13/h4-6H,1-3H3,(H2,13,14). The zero-order valence-corrected chi connectivity index (χ0v) is 9.57. The van der Waals surface area contributed by atoms with Crippen LogP contribution in [0.1, 0.15) is 5.56 Å². The molecular weight excluding hydrogens is 204 g/mol. The Kier molecular flexibility index (Phi) is 2.56. The number of benzene rings is 1. The number of hydrogen-bond acceptors (Lipinski definition) is 4. The van der Waals surface area contributed by atoms with Gasteiger partial charge in [-0.05, 0) is 24.6 Å². The largest absolute Gasteiger partial charge is 0.497 e. The summed E-state index contributed by atoms with van der Waals surface area (Å²) < 4.78 is 10.5. The smallest absolute Gasteiger partial charge is 0.148 e. The predicted molar refractivity (Wildman–Crippen MR) is 64.0 cm³/mol. The van der Waals surface area contributed by atoms with Gasteiger partial charge in [0.05, 0.1) is 14.2 Å². The summed E-state index contributed by atoms with van der Waals surface area (Å²) >= 11 is 0. The number of rotatable bonds is 2. The number of nitrogens with zero attached hydrogens (tertiary/aromatic N) is 1. The first kappa shape index (κ1) is 10.5. The molecule has 1 aromatic carbocycles. The molecule has 0 spiro atoms. The topological polar surface area (TPSA) is 57.4 Å². The highest BCUT2D eigenvalue weighted by molar-refractivity contribution is 5.88. The van der Waals surface area contributed by atoms with Gasteiger partial charge in [0.25, 0.3) is 0 Å². The summed E-state index contributed by atoms with van der Waals surface area (Å²) in [5, 5.41) is 0.961. The average Bonchev–Trinajstić information content (AvgIpc) is 2.29. The van der Waals surface area contributed by atoms with Crippen LogP contribution in [0.15, 0.2) is 18.2 Å². The van der Waals surface area contributed by atoms with E-state index in [0.717, 1.165) is 22.2 Å². The Morgan fingerprint density at radius 1 is 1.12 bits per heavy atom. The van der Waals surface area contributed by atoms with Gasteiger partial charge in [0.15, 0.2) is 0 Å². The van der Waals surface area contributed by atoms with Crippen molar-refractivity contribution in [3.63, 3.8) is 0 Å². The summed E-state index contributed by atoms with van der Waals surface area (Å²) in [5.41, 5.74) is 7.49. The summed E-state index contributed by atoms with van der Waals surface area (Å²) in [7, 11) is 3.23. The summed E-state index contributed by atoms with van der Waals surface area (Å²) in [6.07, 6.45) is 0. The molecule has 4 nitrogen and oxygen atoms in total. The maximum absolute atomic E-state index is 5.78. The number of anilines is 1. The summed E-state index contributed by atoms with van der Waals surface area (Å²) in [6, 6.07) is 5.68. The summed E-state index contributed by atoms with van der Waals surface area (Å²) in [5.74, 6) is 1.94. The van der Waals surface area contributed by atoms with Crippen LogP contribution >= 0.6 is 0 Å². The zero-order chi connectivity index (χ0) is 11.7. The lowest BCUT2D eigenvalue weighted by Crippen LogP contribution is -1.97. The predicted octanol–water partition coefficient (Wildman–Crippen LogP) is 2.14. The Labute approximate surface area is 94.0 Å². The number of nitrogens with two attached hydrogens (primary N) is 1. The fourth-order valence-electron chi connectivity index (χ4n) is 1.62. The molecule has 4 heteroatoms. The molecule has 0 bridgehead atoms. The number of hydrogen-bond donors (Lipinski definition) is 1. The Hall–Kier alpha value is -1.97. The fraction of sp³-hybridized carbons (Fsp3) is 0.250. The van der Waals surface area contributed by atoms with Gasteiger partial charge in [-0.25, -0.2) is 4.98 Å². The number of methoxy groups -OCH3 is 2. The normalized spacial score (nSPS) is 10.4. The number of ether oxygens (including phenoxy) is 2. The molecule has 16 heavy (non-hydrogen) atoms. The van der Waals surface area contributed by atoms with Crippen LogP contribution < -0.4 is 15.2 Å². The molecule has 2 N–H and O–H groups in total. The van der Waals surface area contributed by atoms with Gasteiger partial charge >= 0.3 is 0 Å². The number of fused-ring (bicyclic) bond motifs is 1. The number of aryl methyl sites for hydroxylation is 1. The molecule has 0 fully saturated rings. The SMILES string of the molecule is COc1cc(OC)c2nc(N)c(C)cc2c1. The van der Waals surface area contributed by atoms with Crippen molar-refractivity contribution in [1.29, 1.82) is 0 Å². The van der Waals surface area contributed by atoms with Crippen LogP contribution in [-0.4, -0.2) is 19.2 Å². The summed E-state index contributed by atoms with van der Waals surface area (Å²) in [4.78, 5) is 4.32. The third-order valence-electron chi connectivity index (χ3n) is 2.54. The molecule has 0 aliphatic rings. The van der Waals surface area contributed by atoms with E-state index in [1.54, 1.807) is 20.3 Å². The van der Waals surface area contributed by atoms with Crippen molar-refractivity contribution in [2.45, 2.75) is 6.92 Å². The van der Waals surface area contributed by atoms with Gasteiger partial charge in [-0.2, -0.15) is 0 Å². The highest BCUT2D eigenvalue weighted by Gasteiger charge is 2.08. The third kappa shape index (κ3) is 1.62. The van der Waals surface area contributed by atoms with Crippen molar-refractivity contribution in [2.75, 3.05) is 20.0 Å². The van der Waals surface area contributed by atoms with Crippen LogP contribution in [0.2, 0.25) is 0 Å². The van der Waals surface area contributed by atoms with E-state index in [1.807, 2.05) is 19.1 Å². The van der Waals surface area contributed by atoms with E-state index in [4.69, 9.17) is 15.2 Å². The van der Waals surface area contributed by atoms with Crippen molar-refractivity contribution in [1.82, 2.24) is 4.98 Å². The molecule has 1 heterocycles. The van der Waals surface area contributed by atoms with Crippen molar-refractivity contribution >= 4 is 16.7 Å². The first-order valence-electron chi connectivity index (χ1n) is 4.94. The first-order chi connectivity index (χ1) is 7.65. The monoisotopic (exact) mass is 218 g/mol. The van der Waals surface area contributed by atoms with E-state index in [2.05, 4.69) is 4.98 Å². The van der Waals surface area contributed by atoms with E-state index in [1.165, 1.54) is 0 Å². The van der Waals surface area contributed by atoms with E-state index >= 15 is 0 Å². The maximum atomic E-state index is 5.78. The molecule has 0 saturated heterocycles. The minimum Gasteiger partial charge on any atom is -0.497 e. The molecule has 0 amide bonds. The quantitative estimate of drug-likeness (QED) is 0.839. The highest BCUT2D eigenvalue weighted by Crippen LogP contribution is 2.31. The number of nitrogen functional groups attached to an aromatic ring is 1. The van der Waals surface area contributed by atoms with Crippen molar-refractivity contribution in [3.8, 4) is 11.5 Å². The van der Waals surface area contributed by atoms with Gasteiger partial charge < -0.3 is 15.2 Å². The number of aromatic nitrogens is 1. The highest BCUT2D eigenvalue weighted by atomic mass is 16.5. The zero-order valence-electron chi connectivity index (χ0n) is 9.57. The molecule has 2 rings (SSSR count). The molecule has 1 aromatic heterocycles. The Bertz CT molecular complexity index is 538. The van der Waals surface area contributed by atoms with E-state index in [-0.39, 0.29) is 0 Å². The molecule has 0 aliphatic carbocycles. The third-order valence-corrected chi connectivity index (χ3v) is 2.54.